The Morgan fingerprint density at radius 2 is 1.74 bits per heavy atom. The minimum atomic E-state index is -4.43. The van der Waals surface area contributed by atoms with Crippen LogP contribution >= 0.6 is 15.9 Å². The molecule has 1 aromatic heterocycles. The summed E-state index contributed by atoms with van der Waals surface area (Å²) in [5.74, 6) is -0.173. The predicted octanol–water partition coefficient (Wildman–Crippen LogP) is 4.57. The third-order valence-corrected chi connectivity index (χ3v) is 3.14. The van der Waals surface area contributed by atoms with Crippen LogP contribution < -0.4 is 5.32 Å². The second-order valence-corrected chi connectivity index (χ2v) is 4.79. The van der Waals surface area contributed by atoms with E-state index in [4.69, 9.17) is 0 Å². The van der Waals surface area contributed by atoms with Gasteiger partial charge in [-0.3, -0.25) is 0 Å². The first kappa shape index (κ1) is 13.9. The zero-order valence-corrected chi connectivity index (χ0v) is 11.5. The average Bonchev–Trinajstić information content (AvgIpc) is 2.38. The first-order chi connectivity index (χ1) is 8.91. The van der Waals surface area contributed by atoms with E-state index < -0.39 is 11.7 Å². The minimum absolute atomic E-state index is 0.173. The number of alkyl halides is 3. The van der Waals surface area contributed by atoms with E-state index in [1.54, 1.807) is 24.3 Å². The van der Waals surface area contributed by atoms with Crippen LogP contribution in [0.1, 0.15) is 5.56 Å². The lowest BCUT2D eigenvalue weighted by molar-refractivity contribution is -0.137. The summed E-state index contributed by atoms with van der Waals surface area (Å²) in [7, 11) is 1.41. The summed E-state index contributed by atoms with van der Waals surface area (Å²) in [4.78, 5) is 3.82. The van der Waals surface area contributed by atoms with Gasteiger partial charge in [-0.1, -0.05) is 28.1 Å². The van der Waals surface area contributed by atoms with Gasteiger partial charge >= 0.3 is 6.18 Å². The molecular formula is C13H10BrF3N2. The molecular weight excluding hydrogens is 321 g/mol. The fourth-order valence-corrected chi connectivity index (χ4v) is 1.94. The monoisotopic (exact) mass is 330 g/mol. The lowest BCUT2D eigenvalue weighted by Gasteiger charge is -2.13. The summed E-state index contributed by atoms with van der Waals surface area (Å²) in [6.07, 6.45) is -3.01. The molecule has 2 nitrogen and oxygen atoms in total. The molecule has 19 heavy (non-hydrogen) atoms. The molecule has 1 N–H and O–H groups in total. The number of pyridine rings is 1. The number of hydrogen-bond donors (Lipinski definition) is 1. The van der Waals surface area contributed by atoms with Gasteiger partial charge in [-0.05, 0) is 23.8 Å². The summed E-state index contributed by atoms with van der Waals surface area (Å²) >= 11 is 3.28. The van der Waals surface area contributed by atoms with Gasteiger partial charge in [0.05, 0.1) is 5.56 Å². The van der Waals surface area contributed by atoms with Crippen molar-refractivity contribution in [3.8, 4) is 11.1 Å². The van der Waals surface area contributed by atoms with E-state index in [9.17, 15) is 13.2 Å². The molecule has 0 radical (unpaired) electrons. The molecule has 0 bridgehead atoms. The maximum absolute atomic E-state index is 12.9. The average molecular weight is 331 g/mol. The number of hydrogen-bond acceptors (Lipinski definition) is 2. The van der Waals surface area contributed by atoms with Gasteiger partial charge in [0.1, 0.15) is 5.82 Å². The molecule has 0 saturated heterocycles. The zero-order chi connectivity index (χ0) is 14.0. The van der Waals surface area contributed by atoms with Gasteiger partial charge in [-0.2, -0.15) is 13.2 Å². The second-order valence-electron chi connectivity index (χ2n) is 3.87. The molecule has 0 atom stereocenters. The maximum Gasteiger partial charge on any atom is 0.419 e. The van der Waals surface area contributed by atoms with Gasteiger partial charge in [-0.15, -0.1) is 0 Å². The number of rotatable bonds is 2. The molecule has 1 heterocycles. The Morgan fingerprint density at radius 3 is 2.26 bits per heavy atom. The van der Waals surface area contributed by atoms with Gasteiger partial charge in [0.2, 0.25) is 0 Å². The number of halogens is 4. The van der Waals surface area contributed by atoms with E-state index in [1.807, 2.05) is 0 Å². The molecule has 0 spiro atoms. The Kier molecular flexibility index (Phi) is 3.80. The Hall–Kier alpha value is -1.56. The molecule has 1 aromatic carbocycles. The van der Waals surface area contributed by atoms with Gasteiger partial charge in [0.15, 0.2) is 0 Å². The zero-order valence-electron chi connectivity index (χ0n) is 9.92. The molecule has 0 aliphatic rings. The Balaban J connectivity index is 2.52. The van der Waals surface area contributed by atoms with Crippen LogP contribution in [0.15, 0.2) is 41.0 Å². The summed E-state index contributed by atoms with van der Waals surface area (Å²) in [5.41, 5.74) is 0.345. The highest BCUT2D eigenvalue weighted by Gasteiger charge is 2.34. The molecule has 2 aromatic rings. The normalized spacial score (nSPS) is 11.4. The topological polar surface area (TPSA) is 24.9 Å². The van der Waals surface area contributed by atoms with Crippen LogP contribution in [-0.4, -0.2) is 12.0 Å². The number of nitrogens with zero attached hydrogens (tertiary/aromatic N) is 1. The van der Waals surface area contributed by atoms with Gasteiger partial charge in [-0.25, -0.2) is 4.98 Å². The van der Waals surface area contributed by atoms with Crippen molar-refractivity contribution in [1.29, 1.82) is 0 Å². The van der Waals surface area contributed by atoms with E-state index >= 15 is 0 Å². The van der Waals surface area contributed by atoms with Crippen LogP contribution in [0.5, 0.6) is 0 Å². The van der Waals surface area contributed by atoms with Crippen molar-refractivity contribution in [1.82, 2.24) is 4.98 Å². The largest absolute Gasteiger partial charge is 0.419 e. The van der Waals surface area contributed by atoms with Crippen molar-refractivity contribution in [2.75, 3.05) is 12.4 Å². The van der Waals surface area contributed by atoms with Crippen molar-refractivity contribution >= 4 is 21.7 Å². The quantitative estimate of drug-likeness (QED) is 0.872. The summed E-state index contributed by atoms with van der Waals surface area (Å²) in [5, 5.41) is 2.45. The van der Waals surface area contributed by atoms with Crippen molar-refractivity contribution in [3.63, 3.8) is 0 Å². The molecule has 0 aliphatic carbocycles. The van der Waals surface area contributed by atoms with Crippen LogP contribution in [0.4, 0.5) is 19.0 Å². The molecule has 2 rings (SSSR count). The van der Waals surface area contributed by atoms with Gasteiger partial charge in [0.25, 0.3) is 0 Å². The van der Waals surface area contributed by atoms with Gasteiger partial charge in [0, 0.05) is 23.3 Å². The third kappa shape index (κ3) is 3.07. The molecule has 0 fully saturated rings. The van der Waals surface area contributed by atoms with Crippen LogP contribution in [0.2, 0.25) is 0 Å². The number of aromatic nitrogens is 1. The molecule has 0 amide bonds. The minimum Gasteiger partial charge on any atom is -0.373 e. The molecule has 0 aliphatic heterocycles. The first-order valence-electron chi connectivity index (χ1n) is 5.43. The fourth-order valence-electron chi connectivity index (χ4n) is 1.68. The first-order valence-corrected chi connectivity index (χ1v) is 6.22. The van der Waals surface area contributed by atoms with E-state index in [1.165, 1.54) is 13.2 Å². The van der Waals surface area contributed by atoms with E-state index in [-0.39, 0.29) is 5.82 Å². The molecule has 0 saturated carbocycles. The second kappa shape index (κ2) is 5.21. The van der Waals surface area contributed by atoms with Crippen LogP contribution in [0.3, 0.4) is 0 Å². The fraction of sp³-hybridized carbons (Fsp3) is 0.154. The Bertz CT molecular complexity index is 579. The summed E-state index contributed by atoms with van der Waals surface area (Å²) in [6, 6.07) is 8.12. The maximum atomic E-state index is 12.9. The van der Waals surface area contributed by atoms with Crippen LogP contribution in [-0.2, 0) is 6.18 Å². The highest BCUT2D eigenvalue weighted by Crippen LogP contribution is 2.36. The SMILES string of the molecule is CNc1ncc(-c2ccc(Br)cc2)cc1C(F)(F)F. The third-order valence-electron chi connectivity index (χ3n) is 2.61. The van der Waals surface area contributed by atoms with Crippen LogP contribution in [0, 0.1) is 0 Å². The van der Waals surface area contributed by atoms with Gasteiger partial charge < -0.3 is 5.32 Å². The highest BCUT2D eigenvalue weighted by molar-refractivity contribution is 9.10. The van der Waals surface area contributed by atoms with Crippen molar-refractivity contribution in [2.24, 2.45) is 0 Å². The Labute approximate surface area is 116 Å². The number of nitrogens with one attached hydrogen (secondary N) is 1. The number of anilines is 1. The Morgan fingerprint density at radius 1 is 1.11 bits per heavy atom. The molecule has 6 heteroatoms. The lowest BCUT2D eigenvalue weighted by Crippen LogP contribution is -2.10. The van der Waals surface area contributed by atoms with Crippen molar-refractivity contribution in [3.05, 3.63) is 46.6 Å². The number of benzene rings is 1. The van der Waals surface area contributed by atoms with E-state index in [0.717, 1.165) is 10.5 Å². The summed E-state index contributed by atoms with van der Waals surface area (Å²) < 4.78 is 39.6. The molecule has 0 unspecified atom stereocenters. The van der Waals surface area contributed by atoms with Crippen molar-refractivity contribution in [2.45, 2.75) is 6.18 Å². The van der Waals surface area contributed by atoms with E-state index in [2.05, 4.69) is 26.2 Å². The lowest BCUT2D eigenvalue weighted by atomic mass is 10.1. The van der Waals surface area contributed by atoms with E-state index in [0.29, 0.717) is 11.1 Å². The smallest absolute Gasteiger partial charge is 0.373 e. The highest BCUT2D eigenvalue weighted by atomic mass is 79.9. The summed E-state index contributed by atoms with van der Waals surface area (Å²) in [6.45, 7) is 0. The standard InChI is InChI=1S/C13H10BrF3N2/c1-18-12-11(13(15,16)17)6-9(7-19-12)8-2-4-10(14)5-3-8/h2-7H,1H3,(H,18,19). The van der Waals surface area contributed by atoms with Crippen LogP contribution in [0.25, 0.3) is 11.1 Å². The molecule has 100 valence electrons. The van der Waals surface area contributed by atoms with Crippen molar-refractivity contribution < 1.29 is 13.2 Å². The predicted molar refractivity (Wildman–Crippen MR) is 71.9 cm³/mol.